The van der Waals surface area contributed by atoms with Gasteiger partial charge in [0, 0.05) is 13.1 Å². The number of benzene rings is 1. The molecule has 0 radical (unpaired) electrons. The van der Waals surface area contributed by atoms with Gasteiger partial charge in [0.15, 0.2) is 0 Å². The van der Waals surface area contributed by atoms with E-state index in [4.69, 9.17) is 4.74 Å². The number of aryl methyl sites for hydroxylation is 3. The van der Waals surface area contributed by atoms with Crippen LogP contribution in [0.2, 0.25) is 0 Å². The lowest BCUT2D eigenvalue weighted by Gasteiger charge is -2.36. The maximum absolute atomic E-state index is 6.04. The summed E-state index contributed by atoms with van der Waals surface area (Å²) in [4.78, 5) is 2.36. The second kappa shape index (κ2) is 6.70. The van der Waals surface area contributed by atoms with Gasteiger partial charge in [0.1, 0.15) is 0 Å². The van der Waals surface area contributed by atoms with Gasteiger partial charge >= 0.3 is 0 Å². The van der Waals surface area contributed by atoms with Crippen molar-refractivity contribution in [3.05, 3.63) is 34.4 Å². The molecular formula is C17H28N2O. The highest BCUT2D eigenvalue weighted by atomic mass is 16.5. The summed E-state index contributed by atoms with van der Waals surface area (Å²) < 4.78 is 6.04. The van der Waals surface area contributed by atoms with Crippen molar-refractivity contribution in [1.29, 1.82) is 0 Å². The maximum atomic E-state index is 6.04. The van der Waals surface area contributed by atoms with Crippen LogP contribution in [-0.2, 0) is 4.74 Å². The lowest BCUT2D eigenvalue weighted by atomic mass is 9.92. The predicted octanol–water partition coefficient (Wildman–Crippen LogP) is 2.59. The van der Waals surface area contributed by atoms with Gasteiger partial charge in [0.05, 0.1) is 18.8 Å². The monoisotopic (exact) mass is 276 g/mol. The van der Waals surface area contributed by atoms with Crippen molar-refractivity contribution in [3.63, 3.8) is 0 Å². The van der Waals surface area contributed by atoms with E-state index in [1.54, 1.807) is 0 Å². The van der Waals surface area contributed by atoms with Crippen molar-refractivity contribution in [3.8, 4) is 0 Å². The maximum Gasteiger partial charge on any atom is 0.0896 e. The molecule has 0 aliphatic carbocycles. The molecule has 20 heavy (non-hydrogen) atoms. The Labute approximate surface area is 123 Å². The van der Waals surface area contributed by atoms with E-state index in [0.717, 1.165) is 26.2 Å². The minimum Gasteiger partial charge on any atom is -0.374 e. The highest BCUT2D eigenvalue weighted by Crippen LogP contribution is 2.27. The first-order valence-corrected chi connectivity index (χ1v) is 7.64. The average Bonchev–Trinajstić information content (AvgIpc) is 2.40. The van der Waals surface area contributed by atoms with E-state index < -0.39 is 0 Å². The van der Waals surface area contributed by atoms with Crippen molar-refractivity contribution in [2.24, 2.45) is 0 Å². The van der Waals surface area contributed by atoms with Gasteiger partial charge in [-0.15, -0.1) is 0 Å². The number of nitrogens with one attached hydrogen (secondary N) is 1. The zero-order chi connectivity index (χ0) is 14.7. The predicted molar refractivity (Wildman–Crippen MR) is 84.3 cm³/mol. The fourth-order valence-corrected chi connectivity index (χ4v) is 2.99. The minimum absolute atomic E-state index is 0.231. The molecular weight excluding hydrogens is 248 g/mol. The van der Waals surface area contributed by atoms with Gasteiger partial charge in [-0.05, 0) is 56.6 Å². The molecule has 1 fully saturated rings. The molecule has 2 unspecified atom stereocenters. The van der Waals surface area contributed by atoms with Crippen molar-refractivity contribution in [1.82, 2.24) is 10.2 Å². The summed E-state index contributed by atoms with van der Waals surface area (Å²) in [7, 11) is 2.17. The molecule has 3 heteroatoms. The van der Waals surface area contributed by atoms with E-state index >= 15 is 0 Å². The fraction of sp³-hybridized carbons (Fsp3) is 0.647. The summed E-state index contributed by atoms with van der Waals surface area (Å²) in [5, 5.41) is 3.63. The Balaban J connectivity index is 2.30. The van der Waals surface area contributed by atoms with Crippen molar-refractivity contribution >= 4 is 0 Å². The summed E-state index contributed by atoms with van der Waals surface area (Å²) in [6.45, 7) is 12.5. The highest BCUT2D eigenvalue weighted by molar-refractivity contribution is 5.38. The summed E-state index contributed by atoms with van der Waals surface area (Å²) >= 11 is 0. The Hall–Kier alpha value is -0.900. The number of hydrogen-bond donors (Lipinski definition) is 1. The summed E-state index contributed by atoms with van der Waals surface area (Å²) in [6.07, 6.45) is 0.231. The second-order valence-electron chi connectivity index (χ2n) is 6.00. The Kier molecular flexibility index (Phi) is 5.19. The third-order valence-electron chi connectivity index (χ3n) is 4.31. The molecule has 1 aliphatic rings. The van der Waals surface area contributed by atoms with Crippen LogP contribution in [0.4, 0.5) is 0 Å². The first kappa shape index (κ1) is 15.5. The molecule has 0 aromatic heterocycles. The number of ether oxygens (including phenoxy) is 1. The van der Waals surface area contributed by atoms with Gasteiger partial charge in [-0.2, -0.15) is 0 Å². The molecule has 1 aromatic carbocycles. The summed E-state index contributed by atoms with van der Waals surface area (Å²) in [6, 6.07) is 4.90. The normalized spacial score (nSPS) is 21.9. The molecule has 0 bridgehead atoms. The van der Waals surface area contributed by atoms with Gasteiger partial charge in [0.2, 0.25) is 0 Å². The second-order valence-corrected chi connectivity index (χ2v) is 6.00. The van der Waals surface area contributed by atoms with E-state index in [1.165, 1.54) is 22.3 Å². The van der Waals surface area contributed by atoms with E-state index in [-0.39, 0.29) is 12.1 Å². The molecule has 1 N–H and O–H groups in total. The first-order chi connectivity index (χ1) is 9.52. The zero-order valence-corrected chi connectivity index (χ0v) is 13.5. The molecule has 3 nitrogen and oxygen atoms in total. The van der Waals surface area contributed by atoms with Crippen LogP contribution < -0.4 is 5.32 Å². The van der Waals surface area contributed by atoms with Gasteiger partial charge in [-0.25, -0.2) is 0 Å². The third-order valence-corrected chi connectivity index (χ3v) is 4.31. The van der Waals surface area contributed by atoms with Crippen LogP contribution in [0.25, 0.3) is 0 Å². The number of nitrogens with zero attached hydrogens (tertiary/aromatic N) is 1. The van der Waals surface area contributed by atoms with Gasteiger partial charge in [-0.3, -0.25) is 0 Å². The van der Waals surface area contributed by atoms with Crippen molar-refractivity contribution in [2.75, 3.05) is 33.3 Å². The molecule has 112 valence electrons. The lowest BCUT2D eigenvalue weighted by molar-refractivity contribution is -0.0391. The quantitative estimate of drug-likeness (QED) is 0.915. The summed E-state index contributed by atoms with van der Waals surface area (Å²) in [5.41, 5.74) is 5.46. The largest absolute Gasteiger partial charge is 0.374 e. The molecule has 2 rings (SSSR count). The van der Waals surface area contributed by atoms with Gasteiger partial charge in [-0.1, -0.05) is 19.1 Å². The van der Waals surface area contributed by atoms with E-state index in [1.807, 2.05) is 0 Å². The molecule has 0 saturated carbocycles. The Bertz CT molecular complexity index is 459. The molecule has 1 aliphatic heterocycles. The number of likely N-dealkylation sites (N-methyl/N-ethyl adjacent to an activating group) is 2. The molecule has 1 heterocycles. The molecule has 0 spiro atoms. The molecule has 1 saturated heterocycles. The van der Waals surface area contributed by atoms with Gasteiger partial charge < -0.3 is 15.0 Å². The SMILES string of the molecule is CCNC(c1cc(C)c(C)cc1C)C1CN(C)CCO1. The van der Waals surface area contributed by atoms with Crippen LogP contribution in [0.15, 0.2) is 12.1 Å². The van der Waals surface area contributed by atoms with Crippen LogP contribution in [0.3, 0.4) is 0 Å². The van der Waals surface area contributed by atoms with Crippen LogP contribution in [0.5, 0.6) is 0 Å². The number of morpholine rings is 1. The van der Waals surface area contributed by atoms with Crippen LogP contribution in [0, 0.1) is 20.8 Å². The Morgan fingerprint density at radius 2 is 1.95 bits per heavy atom. The third kappa shape index (κ3) is 3.40. The lowest BCUT2D eigenvalue weighted by Crippen LogP contribution is -2.46. The van der Waals surface area contributed by atoms with Crippen molar-refractivity contribution in [2.45, 2.75) is 39.8 Å². The first-order valence-electron chi connectivity index (χ1n) is 7.64. The molecule has 2 atom stereocenters. The fourth-order valence-electron chi connectivity index (χ4n) is 2.99. The van der Waals surface area contributed by atoms with Gasteiger partial charge in [0.25, 0.3) is 0 Å². The standard InChI is InChI=1S/C17H28N2O/c1-6-18-17(16-11-19(5)7-8-20-16)15-10-13(3)12(2)9-14(15)4/h9-10,16-18H,6-8,11H2,1-5H3. The zero-order valence-electron chi connectivity index (χ0n) is 13.5. The average molecular weight is 276 g/mol. The number of rotatable bonds is 4. The van der Waals surface area contributed by atoms with Crippen LogP contribution >= 0.6 is 0 Å². The van der Waals surface area contributed by atoms with Crippen LogP contribution in [0.1, 0.15) is 35.2 Å². The number of hydrogen-bond acceptors (Lipinski definition) is 3. The highest BCUT2D eigenvalue weighted by Gasteiger charge is 2.28. The summed E-state index contributed by atoms with van der Waals surface area (Å²) in [5.74, 6) is 0. The Morgan fingerprint density at radius 1 is 1.25 bits per heavy atom. The molecule has 1 aromatic rings. The molecule has 0 amide bonds. The Morgan fingerprint density at radius 3 is 2.60 bits per heavy atom. The van der Waals surface area contributed by atoms with Crippen molar-refractivity contribution < 1.29 is 4.74 Å². The van der Waals surface area contributed by atoms with E-state index in [0.29, 0.717) is 0 Å². The topological polar surface area (TPSA) is 24.5 Å². The smallest absolute Gasteiger partial charge is 0.0896 e. The van der Waals surface area contributed by atoms with E-state index in [9.17, 15) is 0 Å². The van der Waals surface area contributed by atoms with Crippen LogP contribution in [-0.4, -0.2) is 44.3 Å². The minimum atomic E-state index is 0.231. The van der Waals surface area contributed by atoms with E-state index in [2.05, 4.69) is 57.1 Å².